The molecule has 0 fully saturated rings. The van der Waals surface area contributed by atoms with Crippen molar-refractivity contribution in [1.82, 2.24) is 4.90 Å². The average molecular weight is 370 g/mol. The van der Waals surface area contributed by atoms with Gasteiger partial charge in [0.1, 0.15) is 0 Å². The fourth-order valence-electron chi connectivity index (χ4n) is 3.33. The van der Waals surface area contributed by atoms with Crippen molar-refractivity contribution in [2.24, 2.45) is 0 Å². The number of hydrogen-bond acceptors (Lipinski definition) is 3. The minimum Gasteiger partial charge on any atom is -0.465 e. The first kappa shape index (κ1) is 25.4. The number of ether oxygens (including phenoxy) is 1. The normalized spacial score (nSPS) is 11.2. The van der Waals surface area contributed by atoms with Crippen LogP contribution in [0.5, 0.6) is 0 Å². The Balaban J connectivity index is 3.16. The molecule has 3 nitrogen and oxygen atoms in total. The number of rotatable bonds is 20. The molecule has 0 aliphatic rings. The van der Waals surface area contributed by atoms with Gasteiger partial charge in [0.05, 0.1) is 13.2 Å². The van der Waals surface area contributed by atoms with Crippen LogP contribution >= 0.6 is 0 Å². The molecule has 0 radical (unpaired) electrons. The van der Waals surface area contributed by atoms with E-state index in [-0.39, 0.29) is 5.97 Å². The smallest absolute Gasteiger partial charge is 0.320 e. The van der Waals surface area contributed by atoms with Gasteiger partial charge in [-0.1, -0.05) is 111 Å². The fourth-order valence-corrected chi connectivity index (χ4v) is 3.33. The Hall–Kier alpha value is -0.570. The van der Waals surface area contributed by atoms with Crippen LogP contribution in [0.3, 0.4) is 0 Å². The van der Waals surface area contributed by atoms with Crippen molar-refractivity contribution in [3.8, 4) is 0 Å². The highest BCUT2D eigenvalue weighted by molar-refractivity contribution is 5.71. The molecule has 3 heteroatoms. The second kappa shape index (κ2) is 20.7. The van der Waals surface area contributed by atoms with Crippen LogP contribution in [0.15, 0.2) is 0 Å². The summed E-state index contributed by atoms with van der Waals surface area (Å²) in [4.78, 5) is 13.7. The molecule has 0 saturated heterocycles. The molecular formula is C23H47NO2. The van der Waals surface area contributed by atoms with Gasteiger partial charge in [-0.15, -0.1) is 0 Å². The Kier molecular flexibility index (Phi) is 20.3. The van der Waals surface area contributed by atoms with Crippen molar-refractivity contribution >= 4 is 5.97 Å². The molecule has 0 heterocycles. The van der Waals surface area contributed by atoms with Crippen molar-refractivity contribution in [1.29, 1.82) is 0 Å². The van der Waals surface area contributed by atoms with Gasteiger partial charge < -0.3 is 4.74 Å². The van der Waals surface area contributed by atoms with E-state index in [0.717, 1.165) is 19.5 Å². The molecule has 0 aromatic carbocycles. The van der Waals surface area contributed by atoms with Crippen LogP contribution < -0.4 is 0 Å². The second-order valence-electron chi connectivity index (χ2n) is 7.63. The lowest BCUT2D eigenvalue weighted by molar-refractivity contribution is -0.145. The summed E-state index contributed by atoms with van der Waals surface area (Å²) in [5.41, 5.74) is 0. The number of likely N-dealkylation sites (N-methyl/N-ethyl adjacent to an activating group) is 1. The average Bonchev–Trinajstić information content (AvgIpc) is 2.65. The number of nitrogens with zero attached hydrogens (tertiary/aromatic N) is 1. The van der Waals surface area contributed by atoms with E-state index in [1.807, 2.05) is 0 Å². The highest BCUT2D eigenvalue weighted by atomic mass is 16.5. The number of carbonyl (C=O) groups is 1. The van der Waals surface area contributed by atoms with Crippen LogP contribution in [0.25, 0.3) is 0 Å². The maximum Gasteiger partial charge on any atom is 0.320 e. The second-order valence-corrected chi connectivity index (χ2v) is 7.63. The summed E-state index contributed by atoms with van der Waals surface area (Å²) in [7, 11) is 0. The standard InChI is InChI=1S/C23H47NO2/c1-4-7-8-9-10-11-12-13-14-15-16-17-18-19-20-21-26-23(25)22-24(5-2)6-3/h4-22H2,1-3H3. The number of carbonyl (C=O) groups excluding carboxylic acids is 1. The van der Waals surface area contributed by atoms with Crippen LogP contribution in [0, 0.1) is 0 Å². The van der Waals surface area contributed by atoms with E-state index in [4.69, 9.17) is 4.74 Å². The van der Waals surface area contributed by atoms with Gasteiger partial charge in [0.25, 0.3) is 0 Å². The summed E-state index contributed by atoms with van der Waals surface area (Å²) in [6.45, 7) is 9.28. The third kappa shape index (κ3) is 18.2. The monoisotopic (exact) mass is 369 g/mol. The molecule has 0 saturated carbocycles. The van der Waals surface area contributed by atoms with Crippen molar-refractivity contribution in [3.63, 3.8) is 0 Å². The van der Waals surface area contributed by atoms with E-state index < -0.39 is 0 Å². The number of esters is 1. The fraction of sp³-hybridized carbons (Fsp3) is 0.957. The van der Waals surface area contributed by atoms with Crippen molar-refractivity contribution < 1.29 is 9.53 Å². The van der Waals surface area contributed by atoms with Gasteiger partial charge in [0.2, 0.25) is 0 Å². The van der Waals surface area contributed by atoms with Gasteiger partial charge >= 0.3 is 5.97 Å². The Morgan fingerprint density at radius 3 is 1.38 bits per heavy atom. The molecule has 0 spiro atoms. The summed E-state index contributed by atoms with van der Waals surface area (Å²) < 4.78 is 5.31. The lowest BCUT2D eigenvalue weighted by atomic mass is 10.0. The highest BCUT2D eigenvalue weighted by Crippen LogP contribution is 2.13. The summed E-state index contributed by atoms with van der Waals surface area (Å²) in [5, 5.41) is 0. The summed E-state index contributed by atoms with van der Waals surface area (Å²) in [5.74, 6) is -0.0703. The van der Waals surface area contributed by atoms with Crippen molar-refractivity contribution in [3.05, 3.63) is 0 Å². The molecule has 0 N–H and O–H groups in total. The molecule has 0 aromatic heterocycles. The van der Waals surface area contributed by atoms with Gasteiger partial charge in [-0.3, -0.25) is 9.69 Å². The van der Waals surface area contributed by atoms with E-state index in [9.17, 15) is 4.79 Å². The zero-order valence-electron chi connectivity index (χ0n) is 18.2. The topological polar surface area (TPSA) is 29.5 Å². The van der Waals surface area contributed by atoms with E-state index >= 15 is 0 Å². The summed E-state index contributed by atoms with van der Waals surface area (Å²) >= 11 is 0. The third-order valence-electron chi connectivity index (χ3n) is 5.26. The van der Waals surface area contributed by atoms with Crippen LogP contribution in [0.1, 0.15) is 117 Å². The molecule has 156 valence electrons. The largest absolute Gasteiger partial charge is 0.465 e. The maximum absolute atomic E-state index is 11.7. The molecule has 0 bridgehead atoms. The molecule has 26 heavy (non-hydrogen) atoms. The minimum absolute atomic E-state index is 0.0703. The van der Waals surface area contributed by atoms with Crippen LogP contribution in [0.2, 0.25) is 0 Å². The molecule has 0 rings (SSSR count). The van der Waals surface area contributed by atoms with Crippen LogP contribution in [-0.2, 0) is 9.53 Å². The zero-order chi connectivity index (χ0) is 19.3. The van der Waals surface area contributed by atoms with Gasteiger partial charge in [0.15, 0.2) is 0 Å². The molecular weight excluding hydrogens is 322 g/mol. The Morgan fingerprint density at radius 2 is 1.00 bits per heavy atom. The van der Waals surface area contributed by atoms with Crippen molar-refractivity contribution in [2.75, 3.05) is 26.2 Å². The quantitative estimate of drug-likeness (QED) is 0.176. The first-order chi connectivity index (χ1) is 12.7. The Bertz CT molecular complexity index is 290. The SMILES string of the molecule is CCCCCCCCCCCCCCCCCOC(=O)CN(CC)CC. The summed E-state index contributed by atoms with van der Waals surface area (Å²) in [6, 6.07) is 0. The molecule has 0 amide bonds. The van der Waals surface area contributed by atoms with Gasteiger partial charge in [-0.05, 0) is 19.5 Å². The predicted octanol–water partition coefficient (Wildman–Crippen LogP) is 6.74. The lowest BCUT2D eigenvalue weighted by Gasteiger charge is -2.16. The van der Waals surface area contributed by atoms with Crippen LogP contribution in [0.4, 0.5) is 0 Å². The first-order valence-electron chi connectivity index (χ1n) is 11.6. The zero-order valence-corrected chi connectivity index (χ0v) is 18.2. The van der Waals surface area contributed by atoms with Crippen molar-refractivity contribution in [2.45, 2.75) is 117 Å². The molecule has 0 aliphatic heterocycles. The van der Waals surface area contributed by atoms with E-state index in [1.165, 1.54) is 89.9 Å². The maximum atomic E-state index is 11.7. The van der Waals surface area contributed by atoms with Gasteiger partial charge in [-0.2, -0.15) is 0 Å². The summed E-state index contributed by atoms with van der Waals surface area (Å²) in [6.07, 6.45) is 20.4. The molecule has 0 atom stereocenters. The number of unbranched alkanes of at least 4 members (excludes halogenated alkanes) is 14. The lowest BCUT2D eigenvalue weighted by Crippen LogP contribution is -2.30. The molecule has 0 aromatic rings. The van der Waals surface area contributed by atoms with E-state index in [2.05, 4.69) is 25.7 Å². The van der Waals surface area contributed by atoms with E-state index in [1.54, 1.807) is 0 Å². The van der Waals surface area contributed by atoms with Crippen LogP contribution in [-0.4, -0.2) is 37.1 Å². The third-order valence-corrected chi connectivity index (χ3v) is 5.26. The highest BCUT2D eigenvalue weighted by Gasteiger charge is 2.07. The first-order valence-corrected chi connectivity index (χ1v) is 11.6. The molecule has 0 unspecified atom stereocenters. The van der Waals surface area contributed by atoms with Gasteiger partial charge in [-0.25, -0.2) is 0 Å². The Labute approximate surface area is 164 Å². The predicted molar refractivity (Wildman–Crippen MR) is 114 cm³/mol. The van der Waals surface area contributed by atoms with E-state index in [0.29, 0.717) is 13.2 Å². The Morgan fingerprint density at radius 1 is 0.615 bits per heavy atom. The van der Waals surface area contributed by atoms with Gasteiger partial charge in [0, 0.05) is 0 Å². The number of hydrogen-bond donors (Lipinski definition) is 0. The minimum atomic E-state index is -0.0703. The molecule has 0 aliphatic carbocycles.